The van der Waals surface area contributed by atoms with E-state index < -0.39 is 0 Å². The first kappa shape index (κ1) is 20.3. The summed E-state index contributed by atoms with van der Waals surface area (Å²) >= 11 is 18.0. The molecule has 0 saturated carbocycles. The van der Waals surface area contributed by atoms with Gasteiger partial charge in [-0.25, -0.2) is 0 Å². The van der Waals surface area contributed by atoms with E-state index in [2.05, 4.69) is 17.1 Å². The molecule has 4 nitrogen and oxygen atoms in total. The van der Waals surface area contributed by atoms with Crippen molar-refractivity contribution >= 4 is 46.4 Å². The Morgan fingerprint density at radius 1 is 1.15 bits per heavy atom. The molecule has 3 rings (SSSR count). The van der Waals surface area contributed by atoms with E-state index in [1.54, 1.807) is 18.2 Å². The van der Waals surface area contributed by atoms with Crippen molar-refractivity contribution < 1.29 is 9.53 Å². The fraction of sp³-hybridized carbons (Fsp3) is 0.350. The van der Waals surface area contributed by atoms with Crippen LogP contribution in [-0.2, 0) is 16.0 Å². The Balaban J connectivity index is 1.55. The third kappa shape index (κ3) is 5.52. The third-order valence-electron chi connectivity index (χ3n) is 4.55. The lowest BCUT2D eigenvalue weighted by Gasteiger charge is -2.39. The lowest BCUT2D eigenvalue weighted by Crippen LogP contribution is -2.52. The van der Waals surface area contributed by atoms with Gasteiger partial charge < -0.3 is 15.0 Å². The molecule has 1 N–H and O–H groups in total. The third-order valence-corrected chi connectivity index (χ3v) is 5.54. The molecule has 1 amide bonds. The van der Waals surface area contributed by atoms with E-state index in [4.69, 9.17) is 39.5 Å². The molecule has 0 radical (unpaired) electrons. The first-order chi connectivity index (χ1) is 12.9. The van der Waals surface area contributed by atoms with Gasteiger partial charge in [0.25, 0.3) is 0 Å². The summed E-state index contributed by atoms with van der Waals surface area (Å²) in [6, 6.07) is 13.1. The van der Waals surface area contributed by atoms with Crippen molar-refractivity contribution in [3.8, 4) is 0 Å². The largest absolute Gasteiger partial charge is 0.372 e. The van der Waals surface area contributed by atoms with Gasteiger partial charge in [0.1, 0.15) is 0 Å². The number of anilines is 1. The quantitative estimate of drug-likeness (QED) is 0.758. The Kier molecular flexibility index (Phi) is 6.88. The monoisotopic (exact) mass is 426 g/mol. The Morgan fingerprint density at radius 3 is 2.59 bits per heavy atom. The fourth-order valence-electron chi connectivity index (χ4n) is 3.04. The standard InChI is InChI=1S/C20H21Cl3N2O2/c1-13-12-27-17(11-25(13)16-6-7-18(22)19(23)9-16)10-24-20(26)8-14-2-4-15(21)5-3-14/h2-7,9,13,17H,8,10-12H2,1H3,(H,24,26)/t13-,17-/m1/s1. The van der Waals surface area contributed by atoms with E-state index in [0.717, 1.165) is 11.3 Å². The maximum atomic E-state index is 12.2. The van der Waals surface area contributed by atoms with E-state index in [1.807, 2.05) is 24.3 Å². The zero-order chi connectivity index (χ0) is 19.4. The number of hydrogen-bond acceptors (Lipinski definition) is 3. The number of nitrogens with zero attached hydrogens (tertiary/aromatic N) is 1. The minimum Gasteiger partial charge on any atom is -0.372 e. The number of benzene rings is 2. The summed E-state index contributed by atoms with van der Waals surface area (Å²) < 4.78 is 5.88. The Labute approximate surface area is 174 Å². The van der Waals surface area contributed by atoms with Crippen LogP contribution in [0.15, 0.2) is 42.5 Å². The topological polar surface area (TPSA) is 41.6 Å². The smallest absolute Gasteiger partial charge is 0.224 e. The van der Waals surface area contributed by atoms with E-state index in [1.165, 1.54) is 0 Å². The molecule has 0 aromatic heterocycles. The van der Waals surface area contributed by atoms with Crippen LogP contribution < -0.4 is 10.2 Å². The number of carbonyl (C=O) groups excluding carboxylic acids is 1. The van der Waals surface area contributed by atoms with Crippen LogP contribution in [0.25, 0.3) is 0 Å². The molecule has 1 heterocycles. The zero-order valence-corrected chi connectivity index (χ0v) is 17.2. The van der Waals surface area contributed by atoms with Crippen LogP contribution in [0.1, 0.15) is 12.5 Å². The van der Waals surface area contributed by atoms with Gasteiger partial charge in [-0.05, 0) is 42.8 Å². The summed E-state index contributed by atoms with van der Waals surface area (Å²) in [6.07, 6.45) is 0.224. The highest BCUT2D eigenvalue weighted by Crippen LogP contribution is 2.29. The highest BCUT2D eigenvalue weighted by atomic mass is 35.5. The van der Waals surface area contributed by atoms with Crippen molar-refractivity contribution in [2.24, 2.45) is 0 Å². The number of morpholine rings is 1. The van der Waals surface area contributed by atoms with Crippen LogP contribution in [0.5, 0.6) is 0 Å². The Morgan fingerprint density at radius 2 is 1.89 bits per heavy atom. The van der Waals surface area contributed by atoms with Crippen molar-refractivity contribution in [2.45, 2.75) is 25.5 Å². The van der Waals surface area contributed by atoms with Gasteiger partial charge in [0.05, 0.1) is 29.2 Å². The van der Waals surface area contributed by atoms with Crippen molar-refractivity contribution in [1.82, 2.24) is 5.32 Å². The second-order valence-corrected chi connectivity index (χ2v) is 7.91. The van der Waals surface area contributed by atoms with Crippen molar-refractivity contribution in [1.29, 1.82) is 0 Å². The highest BCUT2D eigenvalue weighted by molar-refractivity contribution is 6.42. The molecule has 2 atom stereocenters. The van der Waals surface area contributed by atoms with Crippen LogP contribution in [0.3, 0.4) is 0 Å². The summed E-state index contributed by atoms with van der Waals surface area (Å²) in [6.45, 7) is 3.80. The van der Waals surface area contributed by atoms with Gasteiger partial charge in [-0.3, -0.25) is 4.79 Å². The average Bonchev–Trinajstić information content (AvgIpc) is 2.65. The predicted molar refractivity (Wildman–Crippen MR) is 111 cm³/mol. The average molecular weight is 428 g/mol. The zero-order valence-electron chi connectivity index (χ0n) is 14.9. The number of amides is 1. The SMILES string of the molecule is C[C@@H]1CO[C@H](CNC(=O)Cc2ccc(Cl)cc2)CN1c1ccc(Cl)c(Cl)c1. The molecule has 1 aliphatic rings. The Hall–Kier alpha value is -1.46. The number of halogens is 3. The summed E-state index contributed by atoms with van der Waals surface area (Å²) in [4.78, 5) is 14.4. The number of rotatable bonds is 5. The second-order valence-electron chi connectivity index (χ2n) is 6.66. The molecule has 2 aromatic rings. The number of carbonyl (C=O) groups is 1. The predicted octanol–water partition coefficient (Wildman–Crippen LogP) is 4.60. The van der Waals surface area contributed by atoms with Crippen molar-refractivity contribution in [2.75, 3.05) is 24.6 Å². The number of nitrogens with one attached hydrogen (secondary N) is 1. The molecule has 0 bridgehead atoms. The van der Waals surface area contributed by atoms with Crippen LogP contribution in [0.4, 0.5) is 5.69 Å². The maximum Gasteiger partial charge on any atom is 0.224 e. The van der Waals surface area contributed by atoms with E-state index >= 15 is 0 Å². The van der Waals surface area contributed by atoms with Crippen molar-refractivity contribution in [3.05, 3.63) is 63.1 Å². The van der Waals surface area contributed by atoms with Gasteiger partial charge in [0.15, 0.2) is 0 Å². The normalized spacial score (nSPS) is 19.8. The van der Waals surface area contributed by atoms with Gasteiger partial charge in [-0.15, -0.1) is 0 Å². The Bertz CT molecular complexity index is 798. The minimum atomic E-state index is -0.0928. The van der Waals surface area contributed by atoms with Gasteiger partial charge >= 0.3 is 0 Å². The van der Waals surface area contributed by atoms with Gasteiger partial charge in [-0.2, -0.15) is 0 Å². The molecule has 144 valence electrons. The lowest BCUT2D eigenvalue weighted by atomic mass is 10.1. The summed E-state index contributed by atoms with van der Waals surface area (Å²) in [5.74, 6) is -0.0411. The van der Waals surface area contributed by atoms with E-state index in [9.17, 15) is 4.79 Å². The van der Waals surface area contributed by atoms with E-state index in [0.29, 0.717) is 41.2 Å². The second kappa shape index (κ2) is 9.16. The molecule has 1 aliphatic heterocycles. The molecule has 2 aromatic carbocycles. The molecule has 1 fully saturated rings. The van der Waals surface area contributed by atoms with Crippen LogP contribution in [-0.4, -0.2) is 37.7 Å². The molecular weight excluding hydrogens is 407 g/mol. The summed E-state index contributed by atoms with van der Waals surface area (Å²) in [5.41, 5.74) is 1.92. The highest BCUT2D eigenvalue weighted by Gasteiger charge is 2.27. The fourth-order valence-corrected chi connectivity index (χ4v) is 3.46. The summed E-state index contributed by atoms with van der Waals surface area (Å²) in [5, 5.41) is 4.67. The molecular formula is C20H21Cl3N2O2. The van der Waals surface area contributed by atoms with Crippen LogP contribution in [0.2, 0.25) is 15.1 Å². The molecule has 7 heteroatoms. The molecule has 27 heavy (non-hydrogen) atoms. The summed E-state index contributed by atoms with van der Waals surface area (Å²) in [7, 11) is 0. The number of ether oxygens (including phenoxy) is 1. The first-order valence-corrected chi connectivity index (χ1v) is 9.90. The molecule has 0 spiro atoms. The van der Waals surface area contributed by atoms with Gasteiger partial charge in [0.2, 0.25) is 5.91 Å². The molecule has 0 aliphatic carbocycles. The van der Waals surface area contributed by atoms with Gasteiger partial charge in [0, 0.05) is 29.8 Å². The number of hydrogen-bond donors (Lipinski definition) is 1. The van der Waals surface area contributed by atoms with Crippen LogP contribution in [0, 0.1) is 0 Å². The van der Waals surface area contributed by atoms with Crippen LogP contribution >= 0.6 is 34.8 Å². The molecule has 0 unspecified atom stereocenters. The lowest BCUT2D eigenvalue weighted by molar-refractivity contribution is -0.121. The maximum absolute atomic E-state index is 12.2. The van der Waals surface area contributed by atoms with Crippen molar-refractivity contribution in [3.63, 3.8) is 0 Å². The van der Waals surface area contributed by atoms with Gasteiger partial charge in [-0.1, -0.05) is 46.9 Å². The molecule has 1 saturated heterocycles. The minimum absolute atomic E-state index is 0.0411. The first-order valence-electron chi connectivity index (χ1n) is 8.77. The van der Waals surface area contributed by atoms with E-state index in [-0.39, 0.29) is 18.1 Å².